The molecule has 2 aliphatic rings. The van der Waals surface area contributed by atoms with Crippen molar-refractivity contribution in [1.29, 1.82) is 0 Å². The maximum Gasteiger partial charge on any atom is 0.234 e. The molecule has 1 aromatic carbocycles. The smallest absolute Gasteiger partial charge is 0.234 e. The molecule has 6 heteroatoms. The fraction of sp³-hybridized carbons (Fsp3) is 0.682. The quantitative estimate of drug-likeness (QED) is 0.659. The van der Waals surface area contributed by atoms with Gasteiger partial charge in [0.2, 0.25) is 5.91 Å². The van der Waals surface area contributed by atoms with Crippen LogP contribution in [0, 0.1) is 0 Å². The lowest BCUT2D eigenvalue weighted by Gasteiger charge is -2.34. The van der Waals surface area contributed by atoms with Crippen LogP contribution in [0.2, 0.25) is 5.02 Å². The molecule has 1 unspecified atom stereocenters. The molecule has 1 saturated carbocycles. The van der Waals surface area contributed by atoms with Gasteiger partial charge < -0.3 is 10.4 Å². The lowest BCUT2D eigenvalue weighted by Crippen LogP contribution is -2.46. The minimum absolute atomic E-state index is 0.0373. The van der Waals surface area contributed by atoms with Crippen LogP contribution in [-0.2, 0) is 4.79 Å². The molecule has 2 N–H and O–H groups in total. The monoisotopic (exact) mass is 407 g/mol. The van der Waals surface area contributed by atoms with Gasteiger partial charge in [0.1, 0.15) is 0 Å². The lowest BCUT2D eigenvalue weighted by molar-refractivity contribution is -0.123. The number of benzene rings is 1. The van der Waals surface area contributed by atoms with Gasteiger partial charge in [-0.05, 0) is 50.4 Å². The van der Waals surface area contributed by atoms with Crippen molar-refractivity contribution in [2.45, 2.75) is 57.0 Å². The van der Waals surface area contributed by atoms with E-state index in [9.17, 15) is 9.90 Å². The number of carbonyl (C=O) groups excluding carboxylic acids is 1. The van der Waals surface area contributed by atoms with E-state index in [2.05, 4.69) is 21.2 Å². The Kier molecular flexibility index (Phi) is 8.59. The zero-order valence-electron chi connectivity index (χ0n) is 16.8. The van der Waals surface area contributed by atoms with Crippen molar-refractivity contribution in [3.8, 4) is 0 Å². The molecule has 1 aliphatic carbocycles. The highest BCUT2D eigenvalue weighted by Gasteiger charge is 2.27. The second-order valence-electron chi connectivity index (χ2n) is 8.07. The molecule has 5 nitrogen and oxygen atoms in total. The number of rotatable bonds is 9. The average Bonchev–Trinajstić information content (AvgIpc) is 3.24. The Labute approximate surface area is 174 Å². The molecule has 2 fully saturated rings. The van der Waals surface area contributed by atoms with Gasteiger partial charge in [-0.1, -0.05) is 49.1 Å². The van der Waals surface area contributed by atoms with E-state index in [0.717, 1.165) is 36.5 Å². The Morgan fingerprint density at radius 2 is 1.89 bits per heavy atom. The van der Waals surface area contributed by atoms with Gasteiger partial charge in [0.25, 0.3) is 0 Å². The summed E-state index contributed by atoms with van der Waals surface area (Å²) >= 11 is 6.46. The maximum atomic E-state index is 12.7. The third-order valence-electron chi connectivity index (χ3n) is 6.16. The van der Waals surface area contributed by atoms with Gasteiger partial charge in [0, 0.05) is 24.2 Å². The molecular formula is C22H34ClN3O2. The van der Waals surface area contributed by atoms with E-state index in [1.807, 2.05) is 18.2 Å². The van der Waals surface area contributed by atoms with Crippen LogP contribution in [0.4, 0.5) is 0 Å². The zero-order chi connectivity index (χ0) is 19.8. The van der Waals surface area contributed by atoms with Gasteiger partial charge in [-0.25, -0.2) is 0 Å². The van der Waals surface area contributed by atoms with Crippen LogP contribution in [-0.4, -0.2) is 66.2 Å². The second-order valence-corrected chi connectivity index (χ2v) is 8.48. The zero-order valence-corrected chi connectivity index (χ0v) is 17.5. The Hall–Kier alpha value is -1.14. The summed E-state index contributed by atoms with van der Waals surface area (Å²) in [7, 11) is 0. The number of aliphatic hydroxyl groups is 1. The first-order valence-electron chi connectivity index (χ1n) is 10.8. The molecule has 0 radical (unpaired) electrons. The third kappa shape index (κ3) is 5.93. The van der Waals surface area contributed by atoms with Crippen molar-refractivity contribution in [3.63, 3.8) is 0 Å². The first-order chi connectivity index (χ1) is 13.7. The number of hydrogen-bond acceptors (Lipinski definition) is 4. The van der Waals surface area contributed by atoms with Crippen molar-refractivity contribution in [3.05, 3.63) is 34.9 Å². The normalized spacial score (nSPS) is 19.8. The number of nitrogens with one attached hydrogen (secondary N) is 1. The van der Waals surface area contributed by atoms with Crippen LogP contribution < -0.4 is 5.32 Å². The highest BCUT2D eigenvalue weighted by Crippen LogP contribution is 2.29. The van der Waals surface area contributed by atoms with E-state index < -0.39 is 0 Å². The summed E-state index contributed by atoms with van der Waals surface area (Å²) in [5.74, 6) is 0.0373. The van der Waals surface area contributed by atoms with Crippen LogP contribution in [0.15, 0.2) is 24.3 Å². The minimum atomic E-state index is 0.0373. The number of halogens is 1. The van der Waals surface area contributed by atoms with Crippen molar-refractivity contribution in [2.24, 2.45) is 0 Å². The second kappa shape index (κ2) is 11.1. The molecule has 0 aromatic heterocycles. The Morgan fingerprint density at radius 3 is 2.57 bits per heavy atom. The number of aliphatic hydroxyl groups excluding tert-OH is 1. The molecule has 1 aromatic rings. The number of amides is 1. The highest BCUT2D eigenvalue weighted by molar-refractivity contribution is 6.31. The molecule has 1 heterocycles. The Morgan fingerprint density at radius 1 is 1.18 bits per heavy atom. The Balaban J connectivity index is 1.60. The minimum Gasteiger partial charge on any atom is -0.395 e. The number of carbonyl (C=O) groups is 1. The molecule has 1 saturated heterocycles. The van der Waals surface area contributed by atoms with Crippen LogP contribution in [0.1, 0.15) is 56.6 Å². The van der Waals surface area contributed by atoms with Gasteiger partial charge >= 0.3 is 0 Å². The van der Waals surface area contributed by atoms with Crippen LogP contribution in [0.3, 0.4) is 0 Å². The van der Waals surface area contributed by atoms with Crippen molar-refractivity contribution in [1.82, 2.24) is 15.1 Å². The molecule has 0 bridgehead atoms. The summed E-state index contributed by atoms with van der Waals surface area (Å²) in [6.07, 6.45) is 8.37. The van der Waals surface area contributed by atoms with Crippen molar-refractivity contribution < 1.29 is 9.90 Å². The molecule has 156 valence electrons. The van der Waals surface area contributed by atoms with Crippen molar-refractivity contribution >= 4 is 17.5 Å². The predicted molar refractivity (Wildman–Crippen MR) is 114 cm³/mol. The van der Waals surface area contributed by atoms with E-state index in [1.165, 1.54) is 32.1 Å². The van der Waals surface area contributed by atoms with Crippen LogP contribution in [0.25, 0.3) is 0 Å². The standard InChI is InChI=1S/C22H34ClN3O2/c23-20-11-5-4-10-19(20)21(25-12-6-7-13-25)16-24-22(28)17-26(14-15-27)18-8-2-1-3-9-18/h4-5,10-11,18,21,27H,1-3,6-9,12-17H2,(H,24,28). The van der Waals surface area contributed by atoms with E-state index in [-0.39, 0.29) is 18.6 Å². The van der Waals surface area contributed by atoms with E-state index in [0.29, 0.717) is 25.7 Å². The first kappa shape index (κ1) is 21.6. The van der Waals surface area contributed by atoms with Gasteiger partial charge in [0.15, 0.2) is 0 Å². The van der Waals surface area contributed by atoms with Gasteiger partial charge in [0.05, 0.1) is 19.2 Å². The lowest BCUT2D eigenvalue weighted by atomic mass is 9.94. The topological polar surface area (TPSA) is 55.8 Å². The van der Waals surface area contributed by atoms with E-state index >= 15 is 0 Å². The fourth-order valence-electron chi connectivity index (χ4n) is 4.65. The molecule has 3 rings (SSSR count). The summed E-state index contributed by atoms with van der Waals surface area (Å²) in [5, 5.41) is 13.3. The summed E-state index contributed by atoms with van der Waals surface area (Å²) < 4.78 is 0. The van der Waals surface area contributed by atoms with E-state index in [1.54, 1.807) is 0 Å². The summed E-state index contributed by atoms with van der Waals surface area (Å²) in [6, 6.07) is 8.48. The summed E-state index contributed by atoms with van der Waals surface area (Å²) in [6.45, 7) is 3.69. The summed E-state index contributed by atoms with van der Waals surface area (Å²) in [4.78, 5) is 17.3. The van der Waals surface area contributed by atoms with E-state index in [4.69, 9.17) is 11.6 Å². The molecular weight excluding hydrogens is 374 g/mol. The van der Waals surface area contributed by atoms with Crippen LogP contribution in [0.5, 0.6) is 0 Å². The van der Waals surface area contributed by atoms with Gasteiger partial charge in [-0.3, -0.25) is 14.6 Å². The molecule has 1 atom stereocenters. The largest absolute Gasteiger partial charge is 0.395 e. The van der Waals surface area contributed by atoms with Crippen molar-refractivity contribution in [2.75, 3.05) is 39.3 Å². The molecule has 1 aliphatic heterocycles. The van der Waals surface area contributed by atoms with Crippen LogP contribution >= 0.6 is 11.6 Å². The average molecular weight is 408 g/mol. The third-order valence-corrected chi connectivity index (χ3v) is 6.51. The van der Waals surface area contributed by atoms with Gasteiger partial charge in [-0.2, -0.15) is 0 Å². The number of hydrogen-bond donors (Lipinski definition) is 2. The SMILES string of the molecule is O=C(CN(CCO)C1CCCCC1)NCC(c1ccccc1Cl)N1CCCC1. The molecule has 1 amide bonds. The predicted octanol–water partition coefficient (Wildman–Crippen LogP) is 3.22. The Bertz CT molecular complexity index is 616. The van der Waals surface area contributed by atoms with Gasteiger partial charge in [-0.15, -0.1) is 0 Å². The first-order valence-corrected chi connectivity index (χ1v) is 11.2. The molecule has 0 spiro atoms. The summed E-state index contributed by atoms with van der Waals surface area (Å²) in [5.41, 5.74) is 1.09. The highest BCUT2D eigenvalue weighted by atomic mass is 35.5. The molecule has 28 heavy (non-hydrogen) atoms. The number of likely N-dealkylation sites (tertiary alicyclic amines) is 1. The maximum absolute atomic E-state index is 12.7. The fourth-order valence-corrected chi connectivity index (χ4v) is 4.91. The number of nitrogens with zero attached hydrogens (tertiary/aromatic N) is 2.